The van der Waals surface area contributed by atoms with Crippen LogP contribution in [0.1, 0.15) is 16.1 Å². The molecular formula is C17H12ClFN2O2. The van der Waals surface area contributed by atoms with Crippen LogP contribution in [0.25, 0.3) is 10.8 Å². The highest BCUT2D eigenvalue weighted by Gasteiger charge is 2.09. The molecule has 3 rings (SSSR count). The summed E-state index contributed by atoms with van der Waals surface area (Å²) in [5.74, 6) is -0.936. The lowest BCUT2D eigenvalue weighted by molar-refractivity contribution is 0.0946. The third-order valence-corrected chi connectivity index (χ3v) is 3.72. The van der Waals surface area contributed by atoms with E-state index < -0.39 is 11.7 Å². The van der Waals surface area contributed by atoms with Crippen molar-refractivity contribution in [3.8, 4) is 0 Å². The van der Waals surface area contributed by atoms with Gasteiger partial charge in [0.1, 0.15) is 11.5 Å². The van der Waals surface area contributed by atoms with Crippen LogP contribution in [-0.2, 0) is 6.54 Å². The van der Waals surface area contributed by atoms with Crippen LogP contribution >= 0.6 is 11.6 Å². The number of H-pyrrole nitrogens is 1. The molecule has 4 nitrogen and oxygen atoms in total. The predicted octanol–water partition coefficient (Wildman–Crippen LogP) is 3.25. The number of carbonyl (C=O) groups is 1. The Kier molecular flexibility index (Phi) is 4.12. The third kappa shape index (κ3) is 3.24. The van der Waals surface area contributed by atoms with Gasteiger partial charge in [-0.25, -0.2) is 4.39 Å². The smallest absolute Gasteiger partial charge is 0.268 e. The number of hydrogen-bond donors (Lipinski definition) is 2. The zero-order chi connectivity index (χ0) is 16.4. The standard InChI is InChI=1S/C17H12ClFN2O2/c18-13-7-10(5-6-14(13)19)9-20-17(23)15-8-11-3-1-2-4-12(11)16(22)21-15/h1-8H,9H2,(H,20,23)(H,21,22). The quantitative estimate of drug-likeness (QED) is 0.774. The Morgan fingerprint density at radius 2 is 1.96 bits per heavy atom. The average Bonchev–Trinajstić information content (AvgIpc) is 2.55. The lowest BCUT2D eigenvalue weighted by atomic mass is 10.1. The van der Waals surface area contributed by atoms with Crippen LogP contribution in [0.5, 0.6) is 0 Å². The van der Waals surface area contributed by atoms with Gasteiger partial charge in [0.05, 0.1) is 5.02 Å². The van der Waals surface area contributed by atoms with Crippen LogP contribution in [0, 0.1) is 5.82 Å². The van der Waals surface area contributed by atoms with E-state index in [4.69, 9.17) is 11.6 Å². The summed E-state index contributed by atoms with van der Waals surface area (Å²) in [5, 5.41) is 3.87. The van der Waals surface area contributed by atoms with Crippen molar-refractivity contribution in [2.45, 2.75) is 6.54 Å². The number of aromatic amines is 1. The summed E-state index contributed by atoms with van der Waals surface area (Å²) in [5.41, 5.74) is 0.507. The molecular weight excluding hydrogens is 319 g/mol. The van der Waals surface area contributed by atoms with Gasteiger partial charge in [-0.05, 0) is 35.2 Å². The second-order valence-corrected chi connectivity index (χ2v) is 5.44. The third-order valence-electron chi connectivity index (χ3n) is 3.44. The number of carbonyl (C=O) groups excluding carboxylic acids is 1. The summed E-state index contributed by atoms with van der Waals surface area (Å²) >= 11 is 5.70. The summed E-state index contributed by atoms with van der Waals surface area (Å²) in [4.78, 5) is 26.7. The molecule has 0 bridgehead atoms. The number of aromatic nitrogens is 1. The van der Waals surface area contributed by atoms with Crippen molar-refractivity contribution in [2.75, 3.05) is 0 Å². The predicted molar refractivity (Wildman–Crippen MR) is 87.1 cm³/mol. The fraction of sp³-hybridized carbons (Fsp3) is 0.0588. The molecule has 3 aromatic rings. The van der Waals surface area contributed by atoms with Crippen molar-refractivity contribution in [1.82, 2.24) is 10.3 Å². The van der Waals surface area contributed by atoms with E-state index in [9.17, 15) is 14.0 Å². The van der Waals surface area contributed by atoms with Gasteiger partial charge in [-0.3, -0.25) is 9.59 Å². The van der Waals surface area contributed by atoms with Crippen molar-refractivity contribution in [3.63, 3.8) is 0 Å². The Bertz CT molecular complexity index is 953. The van der Waals surface area contributed by atoms with Gasteiger partial charge in [-0.15, -0.1) is 0 Å². The van der Waals surface area contributed by atoms with Gasteiger partial charge < -0.3 is 10.3 Å². The van der Waals surface area contributed by atoms with E-state index >= 15 is 0 Å². The molecule has 1 aromatic heterocycles. The van der Waals surface area contributed by atoms with E-state index in [1.54, 1.807) is 30.3 Å². The maximum absolute atomic E-state index is 13.1. The molecule has 0 fully saturated rings. The highest BCUT2D eigenvalue weighted by molar-refractivity contribution is 6.30. The molecule has 0 aliphatic rings. The Morgan fingerprint density at radius 3 is 2.74 bits per heavy atom. The Morgan fingerprint density at radius 1 is 1.17 bits per heavy atom. The van der Waals surface area contributed by atoms with Gasteiger partial charge in [0, 0.05) is 11.9 Å². The number of rotatable bonds is 3. The molecule has 2 N–H and O–H groups in total. The minimum Gasteiger partial charge on any atom is -0.347 e. The van der Waals surface area contributed by atoms with E-state index in [0.717, 1.165) is 0 Å². The first-order chi connectivity index (χ1) is 11.0. The SMILES string of the molecule is O=C(NCc1ccc(F)c(Cl)c1)c1cc2ccccc2c(=O)[nH]1. The largest absolute Gasteiger partial charge is 0.347 e. The topological polar surface area (TPSA) is 62.0 Å². The maximum Gasteiger partial charge on any atom is 0.268 e. The molecule has 0 aliphatic heterocycles. The molecule has 0 saturated heterocycles. The van der Waals surface area contributed by atoms with Crippen LogP contribution in [0.15, 0.2) is 53.3 Å². The number of nitrogens with one attached hydrogen (secondary N) is 2. The number of amides is 1. The molecule has 0 unspecified atom stereocenters. The minimum atomic E-state index is -0.513. The minimum absolute atomic E-state index is 0.00383. The van der Waals surface area contributed by atoms with Gasteiger partial charge in [-0.1, -0.05) is 35.9 Å². The van der Waals surface area contributed by atoms with E-state index in [2.05, 4.69) is 10.3 Å². The normalized spacial score (nSPS) is 10.7. The van der Waals surface area contributed by atoms with Crippen LogP contribution in [0.2, 0.25) is 5.02 Å². The first kappa shape index (κ1) is 15.2. The monoisotopic (exact) mass is 330 g/mol. The molecule has 1 heterocycles. The average molecular weight is 331 g/mol. The van der Waals surface area contributed by atoms with E-state index in [0.29, 0.717) is 16.3 Å². The zero-order valence-electron chi connectivity index (χ0n) is 11.9. The zero-order valence-corrected chi connectivity index (χ0v) is 12.7. The molecule has 1 amide bonds. The van der Waals surface area contributed by atoms with Crippen molar-refractivity contribution in [1.29, 1.82) is 0 Å². The summed E-state index contributed by atoms with van der Waals surface area (Å²) in [6.07, 6.45) is 0. The molecule has 2 aromatic carbocycles. The van der Waals surface area contributed by atoms with Gasteiger partial charge in [0.25, 0.3) is 11.5 Å². The van der Waals surface area contributed by atoms with Gasteiger partial charge >= 0.3 is 0 Å². The second kappa shape index (κ2) is 6.22. The van der Waals surface area contributed by atoms with Gasteiger partial charge in [0.2, 0.25) is 0 Å². The fourth-order valence-corrected chi connectivity index (χ4v) is 2.46. The lowest BCUT2D eigenvalue weighted by Gasteiger charge is -2.07. The number of benzene rings is 2. The maximum atomic E-state index is 13.1. The molecule has 0 spiro atoms. The lowest BCUT2D eigenvalue weighted by Crippen LogP contribution is -2.26. The fourth-order valence-electron chi connectivity index (χ4n) is 2.26. The summed E-state index contributed by atoms with van der Waals surface area (Å²) in [6.45, 7) is 0.174. The Hall–Kier alpha value is -2.66. The molecule has 0 radical (unpaired) electrons. The Labute approximate surface area is 135 Å². The number of halogens is 2. The number of hydrogen-bond acceptors (Lipinski definition) is 2. The molecule has 6 heteroatoms. The summed E-state index contributed by atoms with van der Waals surface area (Å²) in [7, 11) is 0. The van der Waals surface area contributed by atoms with E-state index in [1.165, 1.54) is 18.2 Å². The molecule has 0 aliphatic carbocycles. The number of pyridine rings is 1. The van der Waals surface area contributed by atoms with E-state index in [-0.39, 0.29) is 22.8 Å². The van der Waals surface area contributed by atoms with E-state index in [1.807, 2.05) is 0 Å². The van der Waals surface area contributed by atoms with Crippen molar-refractivity contribution in [2.24, 2.45) is 0 Å². The highest BCUT2D eigenvalue weighted by Crippen LogP contribution is 2.16. The van der Waals surface area contributed by atoms with Gasteiger partial charge in [-0.2, -0.15) is 0 Å². The molecule has 0 atom stereocenters. The second-order valence-electron chi connectivity index (χ2n) is 5.03. The highest BCUT2D eigenvalue weighted by atomic mass is 35.5. The van der Waals surface area contributed by atoms with Crippen molar-refractivity contribution < 1.29 is 9.18 Å². The van der Waals surface area contributed by atoms with Crippen LogP contribution in [-0.4, -0.2) is 10.9 Å². The van der Waals surface area contributed by atoms with Crippen LogP contribution < -0.4 is 10.9 Å². The molecule has 0 saturated carbocycles. The number of fused-ring (bicyclic) bond motifs is 1. The van der Waals surface area contributed by atoms with Crippen molar-refractivity contribution >= 4 is 28.3 Å². The van der Waals surface area contributed by atoms with Crippen LogP contribution in [0.3, 0.4) is 0 Å². The summed E-state index contributed by atoms with van der Waals surface area (Å²) < 4.78 is 13.1. The first-order valence-corrected chi connectivity index (χ1v) is 7.26. The van der Waals surface area contributed by atoms with Gasteiger partial charge in [0.15, 0.2) is 0 Å². The van der Waals surface area contributed by atoms with Crippen molar-refractivity contribution in [3.05, 3.63) is 81.0 Å². The van der Waals surface area contributed by atoms with Crippen LogP contribution in [0.4, 0.5) is 4.39 Å². The summed E-state index contributed by atoms with van der Waals surface area (Å²) in [6, 6.07) is 12.8. The first-order valence-electron chi connectivity index (χ1n) is 6.89. The molecule has 23 heavy (non-hydrogen) atoms. The molecule has 116 valence electrons. The Balaban J connectivity index is 1.80.